The second-order valence-electron chi connectivity index (χ2n) is 6.18. The van der Waals surface area contributed by atoms with E-state index in [2.05, 4.69) is 14.9 Å². The van der Waals surface area contributed by atoms with E-state index >= 15 is 0 Å². The van der Waals surface area contributed by atoms with Gasteiger partial charge in [-0.15, -0.1) is 13.2 Å². The van der Waals surface area contributed by atoms with Gasteiger partial charge in [-0.25, -0.2) is 5.10 Å². The molecule has 1 atom stereocenters. The van der Waals surface area contributed by atoms with E-state index < -0.39 is 18.0 Å². The van der Waals surface area contributed by atoms with Gasteiger partial charge in [0.25, 0.3) is 5.56 Å². The van der Waals surface area contributed by atoms with Gasteiger partial charge in [0.15, 0.2) is 0 Å². The minimum atomic E-state index is -4.82. The van der Waals surface area contributed by atoms with Gasteiger partial charge in [0.2, 0.25) is 5.91 Å². The van der Waals surface area contributed by atoms with E-state index in [0.29, 0.717) is 12.2 Å². The van der Waals surface area contributed by atoms with Crippen LogP contribution in [0.5, 0.6) is 5.75 Å². The predicted molar refractivity (Wildman–Crippen MR) is 95.2 cm³/mol. The van der Waals surface area contributed by atoms with Gasteiger partial charge < -0.3 is 14.5 Å². The first kappa shape index (κ1) is 20.0. The lowest BCUT2D eigenvalue weighted by atomic mass is 10.1. The van der Waals surface area contributed by atoms with Crippen molar-refractivity contribution in [3.05, 3.63) is 51.4 Å². The molecule has 28 heavy (non-hydrogen) atoms. The van der Waals surface area contributed by atoms with E-state index in [9.17, 15) is 22.8 Å². The number of nitrogens with zero attached hydrogens (tertiary/aromatic N) is 3. The first-order valence-corrected chi connectivity index (χ1v) is 8.67. The summed E-state index contributed by atoms with van der Waals surface area (Å²) < 4.78 is 41.8. The Bertz CT molecular complexity index is 934. The molecule has 0 aliphatic carbocycles. The Hall–Kier alpha value is -2.75. The zero-order valence-corrected chi connectivity index (χ0v) is 15.4. The highest BCUT2D eigenvalue weighted by molar-refractivity contribution is 6.33. The molecule has 0 spiro atoms. The molecule has 0 radical (unpaired) electrons. The van der Waals surface area contributed by atoms with E-state index in [4.69, 9.17) is 11.6 Å². The summed E-state index contributed by atoms with van der Waals surface area (Å²) in [6, 6.07) is 5.00. The molecule has 2 aromatic rings. The highest BCUT2D eigenvalue weighted by Gasteiger charge is 2.35. The molecule has 1 aromatic heterocycles. The largest absolute Gasteiger partial charge is 0.573 e. The van der Waals surface area contributed by atoms with Crippen LogP contribution in [0.15, 0.2) is 35.3 Å². The van der Waals surface area contributed by atoms with Gasteiger partial charge in [-0.3, -0.25) is 9.59 Å². The number of H-pyrrole nitrogens is 1. The number of halogens is 4. The normalized spacial score (nSPS) is 17.8. The third-order valence-electron chi connectivity index (χ3n) is 4.39. The summed E-state index contributed by atoms with van der Waals surface area (Å²) in [4.78, 5) is 27.5. The lowest BCUT2D eigenvalue weighted by Gasteiger charge is -2.40. The van der Waals surface area contributed by atoms with Crippen LogP contribution in [0.1, 0.15) is 12.5 Å². The number of anilines is 1. The summed E-state index contributed by atoms with van der Waals surface area (Å²) in [5.74, 6) is -0.663. The zero-order valence-electron chi connectivity index (χ0n) is 14.7. The van der Waals surface area contributed by atoms with Crippen LogP contribution in [0.25, 0.3) is 0 Å². The summed E-state index contributed by atoms with van der Waals surface area (Å²) in [5, 5.41) is 5.83. The van der Waals surface area contributed by atoms with Crippen LogP contribution in [-0.2, 0) is 11.3 Å². The fourth-order valence-corrected chi connectivity index (χ4v) is 3.25. The summed E-state index contributed by atoms with van der Waals surface area (Å²) in [7, 11) is 0. The average Bonchev–Trinajstić information content (AvgIpc) is 2.62. The Morgan fingerprint density at radius 1 is 1.29 bits per heavy atom. The summed E-state index contributed by atoms with van der Waals surface area (Å²) >= 11 is 6.01. The number of hydrogen-bond acceptors (Lipinski definition) is 5. The number of nitrogens with one attached hydrogen (secondary N) is 1. The number of para-hydroxylation sites is 1. The number of aromatic amines is 1. The fraction of sp³-hybridized carbons (Fsp3) is 0.353. The second kappa shape index (κ2) is 7.70. The molecule has 1 amide bonds. The highest BCUT2D eigenvalue weighted by Crippen LogP contribution is 2.29. The molecular weight excluding hydrogens is 401 g/mol. The maximum absolute atomic E-state index is 12.8. The SMILES string of the molecule is CC1C(=O)N(Cc2ccccc2OC(F)(F)F)CCN1c1cn[nH]c(=O)c1Cl. The summed E-state index contributed by atoms with van der Waals surface area (Å²) in [5.41, 5.74) is -0.00382. The van der Waals surface area contributed by atoms with Crippen LogP contribution in [0.2, 0.25) is 5.02 Å². The van der Waals surface area contributed by atoms with E-state index in [1.165, 1.54) is 29.3 Å². The van der Waals surface area contributed by atoms with Gasteiger partial charge in [-0.1, -0.05) is 29.8 Å². The first-order valence-electron chi connectivity index (χ1n) is 8.29. The van der Waals surface area contributed by atoms with Gasteiger partial charge in [0.1, 0.15) is 16.8 Å². The first-order chi connectivity index (χ1) is 13.2. The molecule has 1 unspecified atom stereocenters. The van der Waals surface area contributed by atoms with E-state index in [1.54, 1.807) is 17.9 Å². The number of ether oxygens (including phenoxy) is 1. The summed E-state index contributed by atoms with van der Waals surface area (Å²) in [6.07, 6.45) is -3.47. The van der Waals surface area contributed by atoms with Crippen molar-refractivity contribution in [3.8, 4) is 5.75 Å². The molecule has 3 rings (SSSR count). The third kappa shape index (κ3) is 4.22. The van der Waals surface area contributed by atoms with Crippen LogP contribution >= 0.6 is 11.6 Å². The number of amides is 1. The number of carbonyl (C=O) groups excluding carboxylic acids is 1. The monoisotopic (exact) mass is 416 g/mol. The van der Waals surface area contributed by atoms with Gasteiger partial charge in [0, 0.05) is 25.2 Å². The minimum Gasteiger partial charge on any atom is -0.405 e. The molecule has 2 heterocycles. The van der Waals surface area contributed by atoms with Crippen LogP contribution in [0.4, 0.5) is 18.9 Å². The average molecular weight is 417 g/mol. The molecule has 7 nitrogen and oxygen atoms in total. The second-order valence-corrected chi connectivity index (χ2v) is 6.56. The van der Waals surface area contributed by atoms with Crippen molar-refractivity contribution in [2.75, 3.05) is 18.0 Å². The molecule has 1 aromatic carbocycles. The molecule has 1 saturated heterocycles. The Balaban J connectivity index is 1.79. The quantitative estimate of drug-likeness (QED) is 0.828. The topological polar surface area (TPSA) is 78.5 Å². The van der Waals surface area contributed by atoms with Crippen molar-refractivity contribution >= 4 is 23.2 Å². The zero-order chi connectivity index (χ0) is 20.5. The van der Waals surface area contributed by atoms with Crippen molar-refractivity contribution in [2.45, 2.75) is 25.9 Å². The molecule has 1 aliphatic heterocycles. The van der Waals surface area contributed by atoms with E-state index in [0.717, 1.165) is 0 Å². The van der Waals surface area contributed by atoms with Gasteiger partial charge >= 0.3 is 6.36 Å². The molecule has 1 fully saturated rings. The number of piperazine rings is 1. The van der Waals surface area contributed by atoms with Gasteiger partial charge in [-0.2, -0.15) is 5.10 Å². The Morgan fingerprint density at radius 2 is 2.00 bits per heavy atom. The maximum atomic E-state index is 12.8. The smallest absolute Gasteiger partial charge is 0.405 e. The van der Waals surface area contributed by atoms with Crippen LogP contribution in [0, 0.1) is 0 Å². The molecule has 11 heteroatoms. The van der Waals surface area contributed by atoms with Crippen LogP contribution in [-0.4, -0.2) is 46.5 Å². The van der Waals surface area contributed by atoms with Crippen LogP contribution < -0.4 is 15.2 Å². The molecule has 1 N–H and O–H groups in total. The minimum absolute atomic E-state index is 0.0371. The Kier molecular flexibility index (Phi) is 5.50. The predicted octanol–water partition coefficient (Wildman–Crippen LogP) is 2.56. The number of carbonyl (C=O) groups is 1. The fourth-order valence-electron chi connectivity index (χ4n) is 3.05. The number of benzene rings is 1. The van der Waals surface area contributed by atoms with Crippen molar-refractivity contribution in [3.63, 3.8) is 0 Å². The van der Waals surface area contributed by atoms with Crippen molar-refractivity contribution in [1.82, 2.24) is 15.1 Å². The Morgan fingerprint density at radius 3 is 2.71 bits per heavy atom. The van der Waals surface area contributed by atoms with Crippen molar-refractivity contribution in [2.24, 2.45) is 0 Å². The number of hydrogen-bond donors (Lipinski definition) is 1. The van der Waals surface area contributed by atoms with Crippen molar-refractivity contribution in [1.29, 1.82) is 0 Å². The lowest BCUT2D eigenvalue weighted by Crippen LogP contribution is -2.56. The standard InChI is InChI=1S/C17H16ClF3N4O3/c1-10-16(27)24(6-7-25(10)12-8-22-23-15(26)14(12)18)9-11-4-2-3-5-13(11)28-17(19,20)21/h2-5,8,10H,6-7,9H2,1H3,(H,23,26). The summed E-state index contributed by atoms with van der Waals surface area (Å²) in [6.45, 7) is 2.15. The molecule has 0 saturated carbocycles. The Labute approximate surface area is 162 Å². The number of aromatic nitrogens is 2. The number of rotatable bonds is 4. The third-order valence-corrected chi connectivity index (χ3v) is 4.76. The van der Waals surface area contributed by atoms with Crippen molar-refractivity contribution < 1.29 is 22.7 Å². The molecular formula is C17H16ClF3N4O3. The maximum Gasteiger partial charge on any atom is 0.573 e. The van der Waals surface area contributed by atoms with Crippen LogP contribution in [0.3, 0.4) is 0 Å². The highest BCUT2D eigenvalue weighted by atomic mass is 35.5. The lowest BCUT2D eigenvalue weighted by molar-refractivity contribution is -0.275. The molecule has 0 bridgehead atoms. The van der Waals surface area contributed by atoms with Gasteiger partial charge in [-0.05, 0) is 13.0 Å². The number of alkyl halides is 3. The van der Waals surface area contributed by atoms with E-state index in [-0.39, 0.29) is 35.3 Å². The molecule has 150 valence electrons. The van der Waals surface area contributed by atoms with Gasteiger partial charge in [0.05, 0.1) is 11.9 Å². The van der Waals surface area contributed by atoms with E-state index in [1.807, 2.05) is 0 Å². The molecule has 1 aliphatic rings.